The Bertz CT molecular complexity index is 1070. The molecule has 2 aromatic rings. The molecule has 34 heavy (non-hydrogen) atoms. The highest BCUT2D eigenvalue weighted by Crippen LogP contribution is 2.33. The first kappa shape index (κ1) is 24.5. The normalized spacial score (nSPS) is 18.6. The Labute approximate surface area is 209 Å². The Kier molecular flexibility index (Phi) is 8.43. The molecule has 178 valence electrons. The highest BCUT2D eigenvalue weighted by Gasteiger charge is 2.34. The minimum absolute atomic E-state index is 0.0832. The summed E-state index contributed by atoms with van der Waals surface area (Å²) in [6.45, 7) is 2.53. The Hall–Kier alpha value is -2.61. The quantitative estimate of drug-likeness (QED) is 0.546. The molecule has 2 saturated heterocycles. The zero-order valence-electron chi connectivity index (χ0n) is 18.9. The Balaban J connectivity index is 1.18. The van der Waals surface area contributed by atoms with Gasteiger partial charge in [-0.05, 0) is 73.3 Å². The molecule has 2 aliphatic heterocycles. The number of piperidine rings is 1. The predicted molar refractivity (Wildman–Crippen MR) is 136 cm³/mol. The average molecular weight is 498 g/mol. The van der Waals surface area contributed by atoms with Gasteiger partial charge in [0.05, 0.1) is 11.4 Å². The molecule has 2 aliphatic rings. The fourth-order valence-corrected chi connectivity index (χ4v) is 5.33. The molecule has 2 heterocycles. The minimum atomic E-state index is -0.357. The van der Waals surface area contributed by atoms with E-state index in [0.29, 0.717) is 28.0 Å². The summed E-state index contributed by atoms with van der Waals surface area (Å²) in [5.41, 5.74) is 2.06. The van der Waals surface area contributed by atoms with Gasteiger partial charge in [0, 0.05) is 18.1 Å². The van der Waals surface area contributed by atoms with Crippen LogP contribution in [0.1, 0.15) is 24.0 Å². The van der Waals surface area contributed by atoms with Crippen molar-refractivity contribution in [1.82, 2.24) is 15.1 Å². The molecule has 3 amide bonds. The first-order valence-electron chi connectivity index (χ1n) is 11.5. The molecule has 0 aromatic heterocycles. The second kappa shape index (κ2) is 11.7. The van der Waals surface area contributed by atoms with Crippen molar-refractivity contribution in [3.63, 3.8) is 0 Å². The lowest BCUT2D eigenvalue weighted by molar-refractivity contribution is -0.125. The van der Waals surface area contributed by atoms with Crippen molar-refractivity contribution in [2.24, 2.45) is 5.92 Å². The minimum Gasteiger partial charge on any atom is -0.353 e. The maximum absolute atomic E-state index is 12.6. The lowest BCUT2D eigenvalue weighted by Crippen LogP contribution is -2.44. The van der Waals surface area contributed by atoms with Gasteiger partial charge in [-0.15, -0.1) is 0 Å². The van der Waals surface area contributed by atoms with E-state index in [0.717, 1.165) is 44.1 Å². The largest absolute Gasteiger partial charge is 0.353 e. The molecule has 8 heteroatoms. The lowest BCUT2D eigenvalue weighted by atomic mass is 9.90. The number of amides is 3. The van der Waals surface area contributed by atoms with Crippen molar-refractivity contribution in [2.75, 3.05) is 32.7 Å². The number of benzene rings is 2. The molecule has 0 radical (unpaired) electrons. The number of thioether (sulfide) groups is 1. The number of hydrogen-bond acceptors (Lipinski definition) is 5. The number of carbonyl (C=O) groups is 3. The smallest absolute Gasteiger partial charge is 0.293 e. The maximum Gasteiger partial charge on any atom is 0.293 e. The molecule has 4 rings (SSSR count). The van der Waals surface area contributed by atoms with Crippen LogP contribution < -0.4 is 5.32 Å². The van der Waals surface area contributed by atoms with Gasteiger partial charge in [0.1, 0.15) is 0 Å². The fraction of sp³-hybridized carbons (Fsp3) is 0.346. The van der Waals surface area contributed by atoms with E-state index in [9.17, 15) is 14.4 Å². The van der Waals surface area contributed by atoms with Gasteiger partial charge in [-0.1, -0.05) is 60.1 Å². The van der Waals surface area contributed by atoms with Gasteiger partial charge in [0.25, 0.3) is 11.1 Å². The van der Waals surface area contributed by atoms with Crippen LogP contribution in [0.15, 0.2) is 59.5 Å². The zero-order chi connectivity index (χ0) is 23.9. The van der Waals surface area contributed by atoms with Crippen LogP contribution in [0.25, 0.3) is 6.08 Å². The van der Waals surface area contributed by atoms with Crippen LogP contribution in [-0.2, 0) is 16.0 Å². The van der Waals surface area contributed by atoms with Crippen LogP contribution in [0, 0.1) is 5.92 Å². The van der Waals surface area contributed by atoms with Crippen LogP contribution in [0.5, 0.6) is 0 Å². The first-order valence-corrected chi connectivity index (χ1v) is 12.7. The van der Waals surface area contributed by atoms with Gasteiger partial charge in [0.15, 0.2) is 0 Å². The molecule has 1 N–H and O–H groups in total. The number of nitrogens with one attached hydrogen (secondary N) is 1. The van der Waals surface area contributed by atoms with Crippen molar-refractivity contribution < 1.29 is 14.4 Å². The van der Waals surface area contributed by atoms with Crippen molar-refractivity contribution in [3.8, 4) is 0 Å². The first-order chi connectivity index (χ1) is 16.5. The van der Waals surface area contributed by atoms with Crippen molar-refractivity contribution >= 4 is 46.5 Å². The van der Waals surface area contributed by atoms with Crippen LogP contribution in [-0.4, -0.2) is 59.6 Å². The number of hydrogen-bond donors (Lipinski definition) is 1. The molecule has 0 atom stereocenters. The van der Waals surface area contributed by atoms with E-state index >= 15 is 0 Å². The summed E-state index contributed by atoms with van der Waals surface area (Å²) in [5, 5.41) is 3.03. The third-order valence-electron chi connectivity index (χ3n) is 6.16. The molecule has 0 spiro atoms. The van der Waals surface area contributed by atoms with E-state index in [4.69, 9.17) is 11.6 Å². The zero-order valence-corrected chi connectivity index (χ0v) is 20.5. The van der Waals surface area contributed by atoms with Crippen LogP contribution in [0.2, 0.25) is 5.02 Å². The molecule has 0 aliphatic carbocycles. The van der Waals surface area contributed by atoms with Crippen LogP contribution in [0.4, 0.5) is 4.79 Å². The third kappa shape index (κ3) is 6.50. The van der Waals surface area contributed by atoms with Gasteiger partial charge in [-0.25, -0.2) is 0 Å². The summed E-state index contributed by atoms with van der Waals surface area (Å²) in [5.74, 6) is 0.212. The SMILES string of the molecule is O=C(CN1CCC(Cc2ccccc2)CC1)NCCN1C(=O)SC(=Cc2ccccc2Cl)C1=O. The van der Waals surface area contributed by atoms with Crippen molar-refractivity contribution in [2.45, 2.75) is 19.3 Å². The second-order valence-corrected chi connectivity index (χ2v) is 10.0. The van der Waals surface area contributed by atoms with E-state index in [1.165, 1.54) is 10.5 Å². The van der Waals surface area contributed by atoms with E-state index in [1.54, 1.807) is 24.3 Å². The van der Waals surface area contributed by atoms with Crippen molar-refractivity contribution in [1.29, 1.82) is 0 Å². The summed E-state index contributed by atoms with van der Waals surface area (Å²) in [6, 6.07) is 17.7. The molecule has 6 nitrogen and oxygen atoms in total. The number of rotatable bonds is 8. The Morgan fingerprint density at radius 1 is 1.06 bits per heavy atom. The fourth-order valence-electron chi connectivity index (χ4n) is 4.29. The number of imide groups is 1. The molecule has 0 saturated carbocycles. The Morgan fingerprint density at radius 3 is 2.50 bits per heavy atom. The summed E-state index contributed by atoms with van der Waals surface area (Å²) in [4.78, 5) is 41.0. The van der Waals surface area contributed by atoms with Gasteiger partial charge in [0.2, 0.25) is 5.91 Å². The van der Waals surface area contributed by atoms with Crippen LogP contribution >= 0.6 is 23.4 Å². The van der Waals surface area contributed by atoms with Gasteiger partial charge in [-0.2, -0.15) is 0 Å². The molecular weight excluding hydrogens is 470 g/mol. The highest BCUT2D eigenvalue weighted by atomic mass is 35.5. The average Bonchev–Trinajstić information content (AvgIpc) is 3.10. The predicted octanol–water partition coefficient (Wildman–Crippen LogP) is 4.45. The second-order valence-electron chi connectivity index (χ2n) is 8.61. The summed E-state index contributed by atoms with van der Waals surface area (Å²) < 4.78 is 0. The molecule has 0 bridgehead atoms. The topological polar surface area (TPSA) is 69.7 Å². The molecule has 2 fully saturated rings. The van der Waals surface area contributed by atoms with Gasteiger partial charge < -0.3 is 5.32 Å². The summed E-state index contributed by atoms with van der Waals surface area (Å²) in [6.07, 6.45) is 4.88. The standard InChI is InChI=1S/C26H28ClN3O3S/c27-22-9-5-4-8-21(22)17-23-25(32)30(26(33)34-23)15-12-28-24(31)18-29-13-10-20(11-14-29)16-19-6-2-1-3-7-19/h1-9,17,20H,10-16,18H2,(H,28,31). The monoisotopic (exact) mass is 497 g/mol. The lowest BCUT2D eigenvalue weighted by Gasteiger charge is -2.31. The third-order valence-corrected chi connectivity index (χ3v) is 7.42. The molecule has 0 unspecified atom stereocenters. The highest BCUT2D eigenvalue weighted by molar-refractivity contribution is 8.18. The van der Waals surface area contributed by atoms with E-state index in [-0.39, 0.29) is 30.1 Å². The molecule has 2 aromatic carbocycles. The summed E-state index contributed by atoms with van der Waals surface area (Å²) in [7, 11) is 0. The van der Waals surface area contributed by atoms with Gasteiger partial charge in [-0.3, -0.25) is 24.2 Å². The molecular formula is C26H28ClN3O3S. The summed E-state index contributed by atoms with van der Waals surface area (Å²) >= 11 is 7.04. The van der Waals surface area contributed by atoms with E-state index in [2.05, 4.69) is 34.5 Å². The van der Waals surface area contributed by atoms with Crippen LogP contribution in [0.3, 0.4) is 0 Å². The van der Waals surface area contributed by atoms with Crippen molar-refractivity contribution in [3.05, 3.63) is 75.7 Å². The van der Waals surface area contributed by atoms with Gasteiger partial charge >= 0.3 is 0 Å². The number of likely N-dealkylation sites (tertiary alicyclic amines) is 1. The number of carbonyl (C=O) groups excluding carboxylic acids is 3. The maximum atomic E-state index is 12.6. The number of halogens is 1. The Morgan fingerprint density at radius 2 is 1.76 bits per heavy atom. The number of nitrogens with zero attached hydrogens (tertiary/aromatic N) is 2. The van der Waals surface area contributed by atoms with E-state index in [1.807, 2.05) is 12.1 Å². The van der Waals surface area contributed by atoms with E-state index < -0.39 is 0 Å².